The van der Waals surface area contributed by atoms with E-state index in [-0.39, 0.29) is 5.91 Å². The van der Waals surface area contributed by atoms with Crippen molar-refractivity contribution < 1.29 is 9.53 Å². The molecule has 0 saturated carbocycles. The van der Waals surface area contributed by atoms with E-state index in [1.165, 1.54) is 0 Å². The van der Waals surface area contributed by atoms with Crippen molar-refractivity contribution in [3.05, 3.63) is 35.4 Å². The summed E-state index contributed by atoms with van der Waals surface area (Å²) in [5, 5.41) is 2.82. The van der Waals surface area contributed by atoms with Crippen LogP contribution >= 0.6 is 0 Å². The van der Waals surface area contributed by atoms with Crippen LogP contribution < -0.4 is 11.1 Å². The van der Waals surface area contributed by atoms with Crippen LogP contribution in [0.15, 0.2) is 24.3 Å². The minimum Gasteiger partial charge on any atom is -0.380 e. The van der Waals surface area contributed by atoms with Crippen molar-refractivity contribution >= 4 is 5.91 Å². The fourth-order valence-electron chi connectivity index (χ4n) is 1.48. The normalized spacial score (nSPS) is 10.3. The molecule has 0 aliphatic carbocycles. The van der Waals surface area contributed by atoms with Crippen LogP contribution in [0.3, 0.4) is 0 Å². The number of carbonyl (C=O) groups excluding carboxylic acids is 1. The van der Waals surface area contributed by atoms with E-state index in [1.54, 1.807) is 12.1 Å². The number of rotatable bonds is 8. The summed E-state index contributed by atoms with van der Waals surface area (Å²) in [7, 11) is 0. The summed E-state index contributed by atoms with van der Waals surface area (Å²) >= 11 is 0. The molecule has 18 heavy (non-hydrogen) atoms. The summed E-state index contributed by atoms with van der Waals surface area (Å²) in [5.41, 5.74) is 7.17. The minimum absolute atomic E-state index is 0.0716. The molecule has 4 nitrogen and oxygen atoms in total. The number of hydrogen-bond acceptors (Lipinski definition) is 3. The number of nitrogens with two attached hydrogens (primary N) is 1. The Morgan fingerprint density at radius 3 is 2.61 bits per heavy atom. The Bertz CT molecular complexity index is 349. The van der Waals surface area contributed by atoms with Crippen LogP contribution in [0.1, 0.15) is 35.7 Å². The molecule has 100 valence electrons. The Labute approximate surface area is 109 Å². The molecular formula is C14H22N2O2. The van der Waals surface area contributed by atoms with Crippen LogP contribution in [0.4, 0.5) is 0 Å². The molecule has 0 aromatic heterocycles. The average Bonchev–Trinajstić information content (AvgIpc) is 2.42. The summed E-state index contributed by atoms with van der Waals surface area (Å²) < 4.78 is 5.37. The van der Waals surface area contributed by atoms with E-state index in [9.17, 15) is 4.79 Å². The molecule has 1 rings (SSSR count). The largest absolute Gasteiger partial charge is 0.380 e. The molecule has 0 saturated heterocycles. The number of benzene rings is 1. The van der Waals surface area contributed by atoms with Crippen LogP contribution in [-0.4, -0.2) is 25.7 Å². The molecule has 0 spiro atoms. The van der Waals surface area contributed by atoms with Crippen molar-refractivity contribution in [1.82, 2.24) is 5.32 Å². The lowest BCUT2D eigenvalue weighted by molar-refractivity contribution is 0.0913. The highest BCUT2D eigenvalue weighted by atomic mass is 16.5. The first-order valence-electron chi connectivity index (χ1n) is 6.43. The highest BCUT2D eigenvalue weighted by Gasteiger charge is 2.03. The summed E-state index contributed by atoms with van der Waals surface area (Å²) in [6.45, 7) is 4.48. The maximum Gasteiger partial charge on any atom is 0.251 e. The van der Waals surface area contributed by atoms with E-state index in [0.717, 1.165) is 25.0 Å². The lowest BCUT2D eigenvalue weighted by Crippen LogP contribution is -2.27. The minimum atomic E-state index is -0.0716. The van der Waals surface area contributed by atoms with Crippen molar-refractivity contribution in [3.8, 4) is 0 Å². The van der Waals surface area contributed by atoms with Crippen LogP contribution in [0, 0.1) is 0 Å². The van der Waals surface area contributed by atoms with Gasteiger partial charge in [-0.25, -0.2) is 0 Å². The Hall–Kier alpha value is -1.39. The zero-order valence-corrected chi connectivity index (χ0v) is 10.9. The summed E-state index contributed by atoms with van der Waals surface area (Å²) in [6, 6.07) is 7.31. The predicted molar refractivity (Wildman–Crippen MR) is 72.4 cm³/mol. The quantitative estimate of drug-likeness (QED) is 0.690. The van der Waals surface area contributed by atoms with Crippen molar-refractivity contribution in [2.75, 3.05) is 19.8 Å². The van der Waals surface area contributed by atoms with Crippen molar-refractivity contribution in [2.45, 2.75) is 26.3 Å². The first-order valence-corrected chi connectivity index (χ1v) is 6.43. The molecule has 4 heteroatoms. The lowest BCUT2D eigenvalue weighted by atomic mass is 10.1. The van der Waals surface area contributed by atoms with E-state index in [0.29, 0.717) is 25.3 Å². The number of ether oxygens (including phenoxy) is 1. The van der Waals surface area contributed by atoms with Gasteiger partial charge in [-0.15, -0.1) is 0 Å². The molecule has 1 amide bonds. The highest BCUT2D eigenvalue weighted by molar-refractivity contribution is 5.94. The van der Waals surface area contributed by atoms with Gasteiger partial charge in [0.1, 0.15) is 0 Å². The van der Waals surface area contributed by atoms with E-state index < -0.39 is 0 Å². The number of hydrogen-bond donors (Lipinski definition) is 2. The Morgan fingerprint density at radius 1 is 1.28 bits per heavy atom. The molecule has 0 bridgehead atoms. The van der Waals surface area contributed by atoms with Gasteiger partial charge in [0.2, 0.25) is 0 Å². The van der Waals surface area contributed by atoms with Gasteiger partial charge < -0.3 is 15.8 Å². The first kappa shape index (κ1) is 14.7. The van der Waals surface area contributed by atoms with Gasteiger partial charge in [0.15, 0.2) is 0 Å². The van der Waals surface area contributed by atoms with E-state index in [4.69, 9.17) is 10.5 Å². The fraction of sp³-hybridized carbons (Fsp3) is 0.500. The molecule has 0 heterocycles. The second-order valence-corrected chi connectivity index (χ2v) is 4.12. The molecule has 0 fully saturated rings. The Balaban J connectivity index is 2.23. The molecule has 1 aromatic rings. The van der Waals surface area contributed by atoms with Gasteiger partial charge in [-0.2, -0.15) is 0 Å². The van der Waals surface area contributed by atoms with Crippen molar-refractivity contribution in [3.63, 3.8) is 0 Å². The van der Waals surface area contributed by atoms with Gasteiger partial charge in [-0.05, 0) is 24.1 Å². The van der Waals surface area contributed by atoms with E-state index in [2.05, 4.69) is 12.2 Å². The standard InChI is InChI=1S/C14H22N2O2/c1-2-3-9-18-10-8-16-14(17)13-6-4-12(11-15)5-7-13/h4-7H,2-3,8-11,15H2,1H3,(H,16,17). The highest BCUT2D eigenvalue weighted by Crippen LogP contribution is 2.03. The Kier molecular flexibility index (Phi) is 7.06. The van der Waals surface area contributed by atoms with Crippen LogP contribution in [0.25, 0.3) is 0 Å². The lowest BCUT2D eigenvalue weighted by Gasteiger charge is -2.06. The second kappa shape index (κ2) is 8.66. The predicted octanol–water partition coefficient (Wildman–Crippen LogP) is 1.69. The molecule has 0 unspecified atom stereocenters. The van der Waals surface area contributed by atoms with Gasteiger partial charge in [0.25, 0.3) is 5.91 Å². The topological polar surface area (TPSA) is 64.3 Å². The zero-order valence-electron chi connectivity index (χ0n) is 10.9. The summed E-state index contributed by atoms with van der Waals surface area (Å²) in [6.07, 6.45) is 2.19. The molecule has 0 atom stereocenters. The Morgan fingerprint density at radius 2 is 2.00 bits per heavy atom. The number of carbonyl (C=O) groups is 1. The molecule has 0 aliphatic heterocycles. The maximum absolute atomic E-state index is 11.7. The van der Waals surface area contributed by atoms with Gasteiger partial charge in [0.05, 0.1) is 6.61 Å². The zero-order chi connectivity index (χ0) is 13.2. The first-order chi connectivity index (χ1) is 8.77. The third-order valence-electron chi connectivity index (χ3n) is 2.63. The second-order valence-electron chi connectivity index (χ2n) is 4.12. The SMILES string of the molecule is CCCCOCCNC(=O)c1ccc(CN)cc1. The van der Waals surface area contributed by atoms with Gasteiger partial charge >= 0.3 is 0 Å². The summed E-state index contributed by atoms with van der Waals surface area (Å²) in [4.78, 5) is 11.7. The summed E-state index contributed by atoms with van der Waals surface area (Å²) in [5.74, 6) is -0.0716. The molecule has 0 aliphatic rings. The van der Waals surface area contributed by atoms with Crippen molar-refractivity contribution in [2.24, 2.45) is 5.73 Å². The fourth-order valence-corrected chi connectivity index (χ4v) is 1.48. The molecule has 3 N–H and O–H groups in total. The van der Waals surface area contributed by atoms with Crippen LogP contribution in [0.2, 0.25) is 0 Å². The van der Waals surface area contributed by atoms with Crippen LogP contribution in [-0.2, 0) is 11.3 Å². The van der Waals surface area contributed by atoms with Crippen molar-refractivity contribution in [1.29, 1.82) is 0 Å². The number of amides is 1. The number of nitrogens with one attached hydrogen (secondary N) is 1. The monoisotopic (exact) mass is 250 g/mol. The van der Waals surface area contributed by atoms with E-state index >= 15 is 0 Å². The maximum atomic E-state index is 11.7. The molecule has 1 aromatic carbocycles. The van der Waals surface area contributed by atoms with Gasteiger partial charge in [-0.1, -0.05) is 25.5 Å². The molecular weight excluding hydrogens is 228 g/mol. The third kappa shape index (κ3) is 5.29. The van der Waals surface area contributed by atoms with Crippen LogP contribution in [0.5, 0.6) is 0 Å². The smallest absolute Gasteiger partial charge is 0.251 e. The molecule has 0 radical (unpaired) electrons. The average molecular weight is 250 g/mol. The van der Waals surface area contributed by atoms with E-state index in [1.807, 2.05) is 12.1 Å². The number of unbranched alkanes of at least 4 members (excludes halogenated alkanes) is 1. The van der Waals surface area contributed by atoms with Gasteiger partial charge in [-0.3, -0.25) is 4.79 Å². The van der Waals surface area contributed by atoms with Gasteiger partial charge in [0, 0.05) is 25.3 Å². The third-order valence-corrected chi connectivity index (χ3v) is 2.63.